The molecule has 4 nitrogen and oxygen atoms in total. The van der Waals surface area contributed by atoms with E-state index in [0.29, 0.717) is 10.8 Å². The van der Waals surface area contributed by atoms with Crippen molar-refractivity contribution in [3.63, 3.8) is 0 Å². The predicted octanol–water partition coefficient (Wildman–Crippen LogP) is 3.85. The van der Waals surface area contributed by atoms with Crippen LogP contribution in [0.2, 0.25) is 5.02 Å². The first kappa shape index (κ1) is 13.2. The number of anilines is 1. The zero-order valence-corrected chi connectivity index (χ0v) is 12.0. The van der Waals surface area contributed by atoms with Crippen molar-refractivity contribution in [1.29, 1.82) is 0 Å². The largest absolute Gasteiger partial charge is 0.478 e. The SMILES string of the molecule is O=C(O)c1ccoc1CNc1ccc(I)cc1Cl. The Morgan fingerprint density at radius 1 is 1.44 bits per heavy atom. The number of halogens is 2. The number of aromatic carboxylic acids is 1. The zero-order valence-electron chi connectivity index (χ0n) is 9.11. The van der Waals surface area contributed by atoms with Gasteiger partial charge in [0.25, 0.3) is 0 Å². The third-order valence-electron chi connectivity index (χ3n) is 2.35. The Bertz CT molecular complexity index is 582. The van der Waals surface area contributed by atoms with E-state index in [2.05, 4.69) is 27.9 Å². The third kappa shape index (κ3) is 2.97. The molecule has 1 aromatic carbocycles. The lowest BCUT2D eigenvalue weighted by atomic mass is 10.2. The van der Waals surface area contributed by atoms with Crippen LogP contribution in [0.1, 0.15) is 16.1 Å². The summed E-state index contributed by atoms with van der Waals surface area (Å²) in [4.78, 5) is 10.9. The third-order valence-corrected chi connectivity index (χ3v) is 3.33. The zero-order chi connectivity index (χ0) is 13.1. The van der Waals surface area contributed by atoms with Crippen LogP contribution in [0, 0.1) is 3.57 Å². The maximum atomic E-state index is 10.9. The lowest BCUT2D eigenvalue weighted by Gasteiger charge is -2.07. The highest BCUT2D eigenvalue weighted by Crippen LogP contribution is 2.24. The molecule has 2 rings (SSSR count). The minimum atomic E-state index is -1.01. The Kier molecular flexibility index (Phi) is 4.13. The maximum absolute atomic E-state index is 10.9. The van der Waals surface area contributed by atoms with Crippen molar-refractivity contribution in [2.75, 3.05) is 5.32 Å². The smallest absolute Gasteiger partial charge is 0.339 e. The first-order chi connectivity index (χ1) is 8.58. The number of benzene rings is 1. The highest BCUT2D eigenvalue weighted by atomic mass is 127. The van der Waals surface area contributed by atoms with Crippen LogP contribution in [0.25, 0.3) is 0 Å². The quantitative estimate of drug-likeness (QED) is 0.795. The van der Waals surface area contributed by atoms with Gasteiger partial charge in [-0.05, 0) is 46.9 Å². The first-order valence-corrected chi connectivity index (χ1v) is 6.52. The van der Waals surface area contributed by atoms with E-state index in [-0.39, 0.29) is 12.1 Å². The van der Waals surface area contributed by atoms with E-state index >= 15 is 0 Å². The van der Waals surface area contributed by atoms with Gasteiger partial charge in [0.1, 0.15) is 11.3 Å². The molecule has 0 spiro atoms. The molecule has 0 aliphatic carbocycles. The standard InChI is InChI=1S/C12H9ClINO3/c13-9-5-7(14)1-2-10(9)15-6-11-8(12(16)17)3-4-18-11/h1-5,15H,6H2,(H,16,17). The van der Waals surface area contributed by atoms with E-state index in [1.165, 1.54) is 12.3 Å². The molecule has 6 heteroatoms. The van der Waals surface area contributed by atoms with E-state index in [0.717, 1.165) is 9.26 Å². The van der Waals surface area contributed by atoms with Gasteiger partial charge in [-0.1, -0.05) is 11.6 Å². The van der Waals surface area contributed by atoms with Crippen molar-refractivity contribution in [2.45, 2.75) is 6.54 Å². The summed E-state index contributed by atoms with van der Waals surface area (Å²) in [5.41, 5.74) is 0.897. The predicted molar refractivity (Wildman–Crippen MR) is 77.2 cm³/mol. The molecule has 2 N–H and O–H groups in total. The number of nitrogens with one attached hydrogen (secondary N) is 1. The summed E-state index contributed by atoms with van der Waals surface area (Å²) in [5.74, 6) is -0.633. The molecule has 0 unspecified atom stereocenters. The van der Waals surface area contributed by atoms with E-state index < -0.39 is 5.97 Å². The molecule has 18 heavy (non-hydrogen) atoms. The van der Waals surface area contributed by atoms with Crippen molar-refractivity contribution in [3.05, 3.63) is 50.4 Å². The van der Waals surface area contributed by atoms with Crippen LogP contribution < -0.4 is 5.32 Å². The summed E-state index contributed by atoms with van der Waals surface area (Å²) in [7, 11) is 0. The average molecular weight is 378 g/mol. The van der Waals surface area contributed by atoms with E-state index in [4.69, 9.17) is 21.1 Å². The molecule has 0 radical (unpaired) electrons. The second-order valence-corrected chi connectivity index (χ2v) is 5.19. The lowest BCUT2D eigenvalue weighted by Crippen LogP contribution is -2.05. The molecule has 0 bridgehead atoms. The fourth-order valence-corrected chi connectivity index (χ4v) is 2.40. The molecular formula is C12H9ClINO3. The Balaban J connectivity index is 2.11. The summed E-state index contributed by atoms with van der Waals surface area (Å²) >= 11 is 8.22. The first-order valence-electron chi connectivity index (χ1n) is 5.06. The van der Waals surface area contributed by atoms with Crippen LogP contribution in [0.3, 0.4) is 0 Å². The van der Waals surface area contributed by atoms with Crippen molar-refractivity contribution < 1.29 is 14.3 Å². The van der Waals surface area contributed by atoms with Gasteiger partial charge in [-0.2, -0.15) is 0 Å². The van der Waals surface area contributed by atoms with Crippen LogP contribution in [-0.4, -0.2) is 11.1 Å². The fraction of sp³-hybridized carbons (Fsp3) is 0.0833. The molecule has 94 valence electrons. The Hall–Kier alpha value is -1.21. The molecule has 0 saturated heterocycles. The van der Waals surface area contributed by atoms with Gasteiger partial charge in [0.15, 0.2) is 0 Å². The van der Waals surface area contributed by atoms with Gasteiger partial charge in [0.2, 0.25) is 0 Å². The van der Waals surface area contributed by atoms with Gasteiger partial charge >= 0.3 is 5.97 Å². The Morgan fingerprint density at radius 3 is 2.89 bits per heavy atom. The van der Waals surface area contributed by atoms with Crippen LogP contribution in [0.5, 0.6) is 0 Å². The van der Waals surface area contributed by atoms with E-state index in [1.54, 1.807) is 0 Å². The molecular weight excluding hydrogens is 368 g/mol. The Labute approximate surface area is 122 Å². The van der Waals surface area contributed by atoms with E-state index in [1.807, 2.05) is 18.2 Å². The van der Waals surface area contributed by atoms with Gasteiger partial charge in [-0.3, -0.25) is 0 Å². The van der Waals surface area contributed by atoms with E-state index in [9.17, 15) is 4.79 Å². The van der Waals surface area contributed by atoms with Gasteiger partial charge in [0.05, 0.1) is 23.5 Å². The monoisotopic (exact) mass is 377 g/mol. The second kappa shape index (κ2) is 5.62. The molecule has 0 aliphatic rings. The van der Waals surface area contributed by atoms with Crippen LogP contribution >= 0.6 is 34.2 Å². The molecule has 1 aromatic heterocycles. The van der Waals surface area contributed by atoms with Gasteiger partial charge in [-0.15, -0.1) is 0 Å². The molecule has 0 fully saturated rings. The van der Waals surface area contributed by atoms with Crippen molar-refractivity contribution in [3.8, 4) is 0 Å². The van der Waals surface area contributed by atoms with Gasteiger partial charge in [0, 0.05) is 3.57 Å². The number of hydrogen-bond acceptors (Lipinski definition) is 3. The molecule has 0 saturated carbocycles. The van der Waals surface area contributed by atoms with Gasteiger partial charge < -0.3 is 14.8 Å². The van der Waals surface area contributed by atoms with Crippen LogP contribution in [0.4, 0.5) is 5.69 Å². The number of furan rings is 1. The average Bonchev–Trinajstić information content (AvgIpc) is 2.76. The number of hydrogen-bond donors (Lipinski definition) is 2. The van der Waals surface area contributed by atoms with Crippen LogP contribution in [0.15, 0.2) is 34.9 Å². The fourth-order valence-electron chi connectivity index (χ4n) is 1.48. The molecule has 0 atom stereocenters. The Morgan fingerprint density at radius 2 is 2.22 bits per heavy atom. The van der Waals surface area contributed by atoms with Crippen molar-refractivity contribution in [2.24, 2.45) is 0 Å². The highest BCUT2D eigenvalue weighted by molar-refractivity contribution is 14.1. The topological polar surface area (TPSA) is 62.5 Å². The number of carboxylic acids is 1. The summed E-state index contributed by atoms with van der Waals surface area (Å²) < 4.78 is 6.16. The van der Waals surface area contributed by atoms with Gasteiger partial charge in [-0.25, -0.2) is 4.79 Å². The molecule has 0 amide bonds. The van der Waals surface area contributed by atoms with Crippen molar-refractivity contribution in [1.82, 2.24) is 0 Å². The molecule has 2 aromatic rings. The highest BCUT2D eigenvalue weighted by Gasteiger charge is 2.13. The van der Waals surface area contributed by atoms with Crippen molar-refractivity contribution >= 4 is 45.8 Å². The number of carbonyl (C=O) groups is 1. The second-order valence-electron chi connectivity index (χ2n) is 3.54. The summed E-state index contributed by atoms with van der Waals surface area (Å²) in [6.07, 6.45) is 1.36. The maximum Gasteiger partial charge on any atom is 0.339 e. The normalized spacial score (nSPS) is 10.3. The van der Waals surface area contributed by atoms with Crippen LogP contribution in [-0.2, 0) is 6.54 Å². The molecule has 1 heterocycles. The minimum absolute atomic E-state index is 0.157. The summed E-state index contributed by atoms with van der Waals surface area (Å²) in [6, 6.07) is 7.00. The number of rotatable bonds is 4. The summed E-state index contributed by atoms with van der Waals surface area (Å²) in [5, 5.41) is 12.6. The lowest BCUT2D eigenvalue weighted by molar-refractivity contribution is 0.0694. The summed E-state index contributed by atoms with van der Waals surface area (Å²) in [6.45, 7) is 0.273. The minimum Gasteiger partial charge on any atom is -0.478 e. The molecule has 0 aliphatic heterocycles. The number of carboxylic acid groups (broad SMARTS) is 1.